The average molecular weight is 927 g/mol. The van der Waals surface area contributed by atoms with Crippen molar-refractivity contribution in [2.75, 3.05) is 32.3 Å². The summed E-state index contributed by atoms with van der Waals surface area (Å²) in [5, 5.41) is 13.8. The van der Waals surface area contributed by atoms with Gasteiger partial charge in [0.2, 0.25) is 23.6 Å². The highest BCUT2D eigenvalue weighted by Gasteiger charge is 2.18. The van der Waals surface area contributed by atoms with Gasteiger partial charge in [0, 0.05) is 58.4 Å². The number of carbonyl (C=O) groups is 5. The molecule has 312 valence electrons. The minimum atomic E-state index is -0.630. The molecule has 16 heteroatoms. The molecule has 0 saturated heterocycles. The Kier molecular flexibility index (Phi) is 21.7. The highest BCUT2D eigenvalue weighted by Crippen LogP contribution is 2.22. The molecule has 0 saturated carbocycles. The topological polar surface area (TPSA) is 207 Å². The van der Waals surface area contributed by atoms with E-state index in [-0.39, 0.29) is 31.1 Å². The van der Waals surface area contributed by atoms with E-state index in [4.69, 9.17) is 10.5 Å². The number of unbranched alkanes of at least 4 members (excludes halogenated alkanes) is 4. The first-order valence-corrected chi connectivity index (χ1v) is 20.1. The first-order valence-electron chi connectivity index (χ1n) is 18.5. The molecule has 0 spiro atoms. The highest BCUT2D eigenvalue weighted by atomic mass is 79.9. The van der Waals surface area contributed by atoms with Crippen molar-refractivity contribution < 1.29 is 28.7 Å². The summed E-state index contributed by atoms with van der Waals surface area (Å²) in [6, 6.07) is 18.1. The van der Waals surface area contributed by atoms with Crippen LogP contribution in [0.25, 0.3) is 0 Å². The van der Waals surface area contributed by atoms with Gasteiger partial charge in [0.05, 0.1) is 35.1 Å². The van der Waals surface area contributed by atoms with Crippen molar-refractivity contribution in [3.05, 3.63) is 94.4 Å². The number of benzene rings is 2. The standard InChI is InChI=1S/C23H29BrN4O4.C18H21BrN4O2.CH4/c1-23(2,3)32-22(31)28-18-12-13-25-15-19(18)27-21(30)11-6-4-5-10-20(29)26-17-9-7-8-16(24)14-17;19-13-5-4-6-14(11-13)22-17(24)7-2-1-3-8-18(25)23-16-12-21-10-9-15(16)20;/h7-9,12-15H,4-6,10-11H2,1-3H3,(H,26,29)(H,27,30)(H,25,28,31);4-6,9-12H,1-3,7-8H2,(H2,20,21)(H,22,24)(H,23,25);1H4. The molecule has 0 radical (unpaired) electrons. The van der Waals surface area contributed by atoms with Crippen LogP contribution in [-0.4, -0.2) is 45.3 Å². The number of ether oxygens (including phenoxy) is 1. The average Bonchev–Trinajstić information content (AvgIpc) is 3.12. The molecule has 0 aliphatic heterocycles. The Morgan fingerprint density at radius 3 is 1.47 bits per heavy atom. The van der Waals surface area contributed by atoms with Gasteiger partial charge in [-0.05, 0) is 95.0 Å². The van der Waals surface area contributed by atoms with Crippen LogP contribution in [-0.2, 0) is 23.9 Å². The van der Waals surface area contributed by atoms with Crippen LogP contribution in [0.5, 0.6) is 0 Å². The number of hydrogen-bond donors (Lipinski definition) is 6. The van der Waals surface area contributed by atoms with Crippen molar-refractivity contribution in [2.24, 2.45) is 0 Å². The molecule has 0 unspecified atom stereocenters. The zero-order valence-corrected chi connectivity index (χ0v) is 35.5. The highest BCUT2D eigenvalue weighted by molar-refractivity contribution is 9.10. The third kappa shape index (κ3) is 20.7. The van der Waals surface area contributed by atoms with Crippen LogP contribution in [0.2, 0.25) is 0 Å². The molecule has 7 N–H and O–H groups in total. The normalized spacial score (nSPS) is 10.4. The van der Waals surface area contributed by atoms with E-state index in [1.807, 2.05) is 48.5 Å². The predicted molar refractivity (Wildman–Crippen MR) is 238 cm³/mol. The summed E-state index contributed by atoms with van der Waals surface area (Å²) in [5.74, 6) is -0.367. The van der Waals surface area contributed by atoms with Crippen LogP contribution in [0.3, 0.4) is 0 Å². The maximum absolute atomic E-state index is 12.3. The number of anilines is 6. The molecule has 0 fully saturated rings. The molecular formula is C42H54Br2N8O6. The number of carbonyl (C=O) groups excluding carboxylic acids is 5. The molecule has 0 aliphatic rings. The van der Waals surface area contributed by atoms with Crippen molar-refractivity contribution in [3.8, 4) is 0 Å². The number of halogens is 2. The van der Waals surface area contributed by atoms with Crippen molar-refractivity contribution >= 4 is 95.7 Å². The van der Waals surface area contributed by atoms with Gasteiger partial charge >= 0.3 is 6.09 Å². The van der Waals surface area contributed by atoms with E-state index >= 15 is 0 Å². The Bertz CT molecular complexity index is 1960. The van der Waals surface area contributed by atoms with Crippen LogP contribution in [0, 0.1) is 0 Å². The van der Waals surface area contributed by atoms with Gasteiger partial charge in [-0.15, -0.1) is 0 Å². The summed E-state index contributed by atoms with van der Waals surface area (Å²) < 4.78 is 7.06. The number of nitrogens with one attached hydrogen (secondary N) is 5. The zero-order valence-electron chi connectivity index (χ0n) is 32.3. The van der Waals surface area contributed by atoms with Crippen molar-refractivity contribution in [3.63, 3.8) is 0 Å². The zero-order chi connectivity index (χ0) is 41.6. The molecule has 5 amide bonds. The van der Waals surface area contributed by atoms with E-state index in [1.165, 1.54) is 18.6 Å². The molecular weight excluding hydrogens is 872 g/mol. The van der Waals surface area contributed by atoms with E-state index < -0.39 is 11.7 Å². The minimum Gasteiger partial charge on any atom is -0.444 e. The lowest BCUT2D eigenvalue weighted by Crippen LogP contribution is -2.27. The Morgan fingerprint density at radius 2 is 1.02 bits per heavy atom. The summed E-state index contributed by atoms with van der Waals surface area (Å²) in [7, 11) is 0. The van der Waals surface area contributed by atoms with Gasteiger partial charge in [-0.25, -0.2) is 4.79 Å². The van der Waals surface area contributed by atoms with Crippen LogP contribution in [0.4, 0.5) is 38.9 Å². The SMILES string of the molecule is C.CC(C)(C)OC(=O)Nc1ccncc1NC(=O)CCCCCC(=O)Nc1cccc(Br)c1.Nc1ccncc1NC(=O)CCCCCC(=O)Nc1cccc(Br)c1. The van der Waals surface area contributed by atoms with Crippen LogP contribution >= 0.6 is 31.9 Å². The van der Waals surface area contributed by atoms with Gasteiger partial charge in [0.25, 0.3) is 0 Å². The number of nitrogen functional groups attached to an aromatic ring is 1. The second kappa shape index (κ2) is 25.8. The molecule has 0 aliphatic carbocycles. The quantitative estimate of drug-likeness (QED) is 0.0556. The van der Waals surface area contributed by atoms with Crippen LogP contribution < -0.4 is 32.3 Å². The van der Waals surface area contributed by atoms with E-state index in [0.29, 0.717) is 61.3 Å². The maximum atomic E-state index is 12.3. The van der Waals surface area contributed by atoms with Gasteiger partial charge in [-0.2, -0.15) is 0 Å². The van der Waals surface area contributed by atoms with Gasteiger partial charge in [0.1, 0.15) is 5.60 Å². The van der Waals surface area contributed by atoms with Crippen molar-refractivity contribution in [1.29, 1.82) is 0 Å². The number of hydrogen-bond acceptors (Lipinski definition) is 9. The number of aromatic nitrogens is 2. The second-order valence-corrected chi connectivity index (χ2v) is 15.7. The summed E-state index contributed by atoms with van der Waals surface area (Å²) in [6.07, 6.45) is 11.3. The Hall–Kier alpha value is -5.35. The lowest BCUT2D eigenvalue weighted by atomic mass is 10.1. The molecule has 0 bridgehead atoms. The lowest BCUT2D eigenvalue weighted by molar-refractivity contribution is -0.117. The molecule has 2 aromatic heterocycles. The molecule has 4 rings (SSSR count). The van der Waals surface area contributed by atoms with Crippen molar-refractivity contribution in [1.82, 2.24) is 9.97 Å². The maximum Gasteiger partial charge on any atom is 0.412 e. The minimum absolute atomic E-state index is 0. The van der Waals surface area contributed by atoms with Gasteiger partial charge in [-0.3, -0.25) is 34.5 Å². The first kappa shape index (κ1) is 48.8. The summed E-state index contributed by atoms with van der Waals surface area (Å²) in [4.78, 5) is 67.9. The summed E-state index contributed by atoms with van der Waals surface area (Å²) in [5.41, 5.74) is 8.47. The third-order valence-corrected chi connectivity index (χ3v) is 8.68. The number of nitrogens with zero attached hydrogens (tertiary/aromatic N) is 2. The lowest BCUT2D eigenvalue weighted by Gasteiger charge is -2.20. The summed E-state index contributed by atoms with van der Waals surface area (Å²) >= 11 is 6.74. The Morgan fingerprint density at radius 1 is 0.586 bits per heavy atom. The Labute approximate surface area is 357 Å². The predicted octanol–water partition coefficient (Wildman–Crippen LogP) is 10.3. The summed E-state index contributed by atoms with van der Waals surface area (Å²) in [6.45, 7) is 5.31. The number of amides is 5. The van der Waals surface area contributed by atoms with Gasteiger partial charge in [0.15, 0.2) is 0 Å². The van der Waals surface area contributed by atoms with E-state index in [1.54, 1.807) is 39.1 Å². The van der Waals surface area contributed by atoms with E-state index in [9.17, 15) is 24.0 Å². The molecule has 2 heterocycles. The molecule has 14 nitrogen and oxygen atoms in total. The number of rotatable bonds is 17. The fourth-order valence-corrected chi connectivity index (χ4v) is 5.83. The molecule has 2 aromatic carbocycles. The second-order valence-electron chi connectivity index (χ2n) is 13.8. The van der Waals surface area contributed by atoms with E-state index in [2.05, 4.69) is 68.4 Å². The smallest absolute Gasteiger partial charge is 0.412 e. The van der Waals surface area contributed by atoms with Crippen LogP contribution in [0.15, 0.2) is 94.4 Å². The largest absolute Gasteiger partial charge is 0.444 e. The fraction of sp³-hybridized carbons (Fsp3) is 0.357. The fourth-order valence-electron chi connectivity index (χ4n) is 5.03. The molecule has 58 heavy (non-hydrogen) atoms. The number of pyridine rings is 2. The van der Waals surface area contributed by atoms with E-state index in [0.717, 1.165) is 46.0 Å². The van der Waals surface area contributed by atoms with Gasteiger partial charge < -0.3 is 31.7 Å². The molecule has 4 aromatic rings. The third-order valence-electron chi connectivity index (χ3n) is 7.69. The Balaban J connectivity index is 0.000000405. The van der Waals surface area contributed by atoms with Gasteiger partial charge in [-0.1, -0.05) is 64.3 Å². The van der Waals surface area contributed by atoms with Crippen molar-refractivity contribution in [2.45, 2.75) is 98.0 Å². The number of nitrogens with two attached hydrogens (primary N) is 1. The molecule has 0 atom stereocenters. The first-order chi connectivity index (χ1) is 27.2. The van der Waals surface area contributed by atoms with Crippen LogP contribution in [0.1, 0.15) is 92.4 Å². The monoisotopic (exact) mass is 924 g/mol.